The fourth-order valence-corrected chi connectivity index (χ4v) is 1.50. The van der Waals surface area contributed by atoms with Crippen LogP contribution in [0, 0.1) is 6.92 Å². The molecule has 0 amide bonds. The van der Waals surface area contributed by atoms with Crippen LogP contribution >= 0.6 is 0 Å². The lowest BCUT2D eigenvalue weighted by Gasteiger charge is -2.09. The Bertz CT molecular complexity index is 423. The second-order valence-corrected chi connectivity index (χ2v) is 3.75. The Balaban J connectivity index is 2.89. The molecule has 0 aliphatic carbocycles. The van der Waals surface area contributed by atoms with Gasteiger partial charge in [0.1, 0.15) is 5.75 Å². The summed E-state index contributed by atoms with van der Waals surface area (Å²) in [6.07, 6.45) is -0.156. The van der Waals surface area contributed by atoms with E-state index in [0.29, 0.717) is 17.9 Å². The van der Waals surface area contributed by atoms with Gasteiger partial charge in [-0.1, -0.05) is 11.6 Å². The van der Waals surface area contributed by atoms with Gasteiger partial charge in [0.25, 0.3) is 0 Å². The zero-order valence-corrected chi connectivity index (χ0v) is 10.0. The van der Waals surface area contributed by atoms with Crippen LogP contribution in [0.2, 0.25) is 0 Å². The fourth-order valence-electron chi connectivity index (χ4n) is 1.50. The van der Waals surface area contributed by atoms with Gasteiger partial charge in [-0.25, -0.2) is 0 Å². The van der Waals surface area contributed by atoms with E-state index >= 15 is 0 Å². The van der Waals surface area contributed by atoms with Gasteiger partial charge in [0, 0.05) is 6.42 Å². The molecular weight excluding hydrogens is 220 g/mol. The van der Waals surface area contributed by atoms with Crippen LogP contribution in [0.3, 0.4) is 0 Å². The largest absolute Gasteiger partial charge is 0.493 e. The summed E-state index contributed by atoms with van der Waals surface area (Å²) in [5.41, 5.74) is 1.42. The summed E-state index contributed by atoms with van der Waals surface area (Å²) in [4.78, 5) is 22.3. The van der Waals surface area contributed by atoms with Gasteiger partial charge in [0.05, 0.1) is 18.6 Å². The van der Waals surface area contributed by atoms with Crippen molar-refractivity contribution < 1.29 is 19.4 Å². The highest BCUT2D eigenvalue weighted by molar-refractivity contribution is 6.00. The Morgan fingerprint density at radius 2 is 2.00 bits per heavy atom. The van der Waals surface area contributed by atoms with Gasteiger partial charge in [0.15, 0.2) is 5.78 Å². The van der Waals surface area contributed by atoms with Crippen LogP contribution in [0.4, 0.5) is 0 Å². The van der Waals surface area contributed by atoms with Gasteiger partial charge in [-0.15, -0.1) is 0 Å². The molecule has 0 spiro atoms. The first-order valence-corrected chi connectivity index (χ1v) is 5.53. The summed E-state index contributed by atoms with van der Waals surface area (Å²) in [6, 6.07) is 5.33. The fraction of sp³-hybridized carbons (Fsp3) is 0.385. The van der Waals surface area contributed by atoms with Crippen LogP contribution in [0.5, 0.6) is 5.75 Å². The number of benzene rings is 1. The minimum atomic E-state index is -0.969. The van der Waals surface area contributed by atoms with E-state index in [4.69, 9.17) is 9.84 Å². The molecule has 0 saturated heterocycles. The summed E-state index contributed by atoms with van der Waals surface area (Å²) in [6.45, 7) is 4.19. The molecule has 0 fully saturated rings. The van der Waals surface area contributed by atoms with Crippen molar-refractivity contribution in [1.82, 2.24) is 0 Å². The second-order valence-electron chi connectivity index (χ2n) is 3.75. The van der Waals surface area contributed by atoms with Crippen molar-refractivity contribution in [2.24, 2.45) is 0 Å². The molecule has 1 aromatic carbocycles. The first kappa shape index (κ1) is 13.2. The lowest BCUT2D eigenvalue weighted by Crippen LogP contribution is -2.07. The maximum absolute atomic E-state index is 11.9. The van der Waals surface area contributed by atoms with Crippen LogP contribution < -0.4 is 4.74 Å². The topological polar surface area (TPSA) is 63.6 Å². The number of carboxylic acids is 1. The molecule has 0 heterocycles. The molecule has 4 heteroatoms. The Labute approximate surface area is 100 Å². The summed E-state index contributed by atoms with van der Waals surface area (Å²) < 4.78 is 5.35. The average Bonchev–Trinajstić information content (AvgIpc) is 2.28. The predicted molar refractivity (Wildman–Crippen MR) is 63.5 cm³/mol. The van der Waals surface area contributed by atoms with Crippen molar-refractivity contribution >= 4 is 11.8 Å². The number of carboxylic acid groups (broad SMARTS) is 1. The van der Waals surface area contributed by atoms with E-state index in [1.165, 1.54) is 0 Å². The van der Waals surface area contributed by atoms with Gasteiger partial charge in [-0.05, 0) is 26.0 Å². The number of carbonyl (C=O) groups excluding carboxylic acids is 1. The van der Waals surface area contributed by atoms with Crippen molar-refractivity contribution in [3.05, 3.63) is 29.3 Å². The summed E-state index contributed by atoms with van der Waals surface area (Å²) in [7, 11) is 0. The molecule has 17 heavy (non-hydrogen) atoms. The van der Waals surface area contributed by atoms with Gasteiger partial charge in [-0.2, -0.15) is 0 Å². The highest BCUT2D eigenvalue weighted by atomic mass is 16.5. The molecule has 0 aromatic heterocycles. The van der Waals surface area contributed by atoms with Crippen LogP contribution in [0.15, 0.2) is 18.2 Å². The van der Waals surface area contributed by atoms with Crippen LogP contribution in [0.25, 0.3) is 0 Å². The third-order valence-corrected chi connectivity index (χ3v) is 2.30. The molecular formula is C13H16O4. The van der Waals surface area contributed by atoms with E-state index in [1.54, 1.807) is 12.1 Å². The molecule has 4 nitrogen and oxygen atoms in total. The van der Waals surface area contributed by atoms with E-state index in [2.05, 4.69) is 0 Å². The Hall–Kier alpha value is -1.84. The van der Waals surface area contributed by atoms with E-state index in [0.717, 1.165) is 5.56 Å². The van der Waals surface area contributed by atoms with Gasteiger partial charge in [-0.3, -0.25) is 9.59 Å². The SMILES string of the molecule is CCOc1ccc(C)cc1C(=O)CCC(=O)O. The van der Waals surface area contributed by atoms with Gasteiger partial charge in [0.2, 0.25) is 0 Å². The number of Topliss-reactive ketones (excluding diaryl/α,β-unsaturated/α-hetero) is 1. The van der Waals surface area contributed by atoms with Crippen molar-refractivity contribution in [3.8, 4) is 5.75 Å². The van der Waals surface area contributed by atoms with Crippen LogP contribution in [0.1, 0.15) is 35.7 Å². The number of ketones is 1. The summed E-state index contributed by atoms with van der Waals surface area (Å²) >= 11 is 0. The van der Waals surface area contributed by atoms with Gasteiger partial charge < -0.3 is 9.84 Å². The quantitative estimate of drug-likeness (QED) is 0.770. The highest BCUT2D eigenvalue weighted by Crippen LogP contribution is 2.22. The smallest absolute Gasteiger partial charge is 0.303 e. The maximum Gasteiger partial charge on any atom is 0.303 e. The molecule has 0 aliphatic rings. The Morgan fingerprint density at radius 1 is 1.29 bits per heavy atom. The normalized spacial score (nSPS) is 10.0. The molecule has 1 rings (SSSR count). The molecule has 1 aromatic rings. The Kier molecular flexibility index (Phi) is 4.69. The third kappa shape index (κ3) is 3.90. The summed E-state index contributed by atoms with van der Waals surface area (Å²) in [5, 5.41) is 8.55. The number of hydrogen-bond acceptors (Lipinski definition) is 3. The van der Waals surface area contributed by atoms with Crippen molar-refractivity contribution in [2.75, 3.05) is 6.61 Å². The van der Waals surface area contributed by atoms with E-state index in [9.17, 15) is 9.59 Å². The molecule has 1 N–H and O–H groups in total. The first-order valence-electron chi connectivity index (χ1n) is 5.53. The van der Waals surface area contributed by atoms with Crippen molar-refractivity contribution in [1.29, 1.82) is 0 Å². The molecule has 92 valence electrons. The number of hydrogen-bond donors (Lipinski definition) is 1. The predicted octanol–water partition coefficient (Wildman–Crippen LogP) is 2.44. The van der Waals surface area contributed by atoms with Crippen molar-refractivity contribution in [2.45, 2.75) is 26.7 Å². The summed E-state index contributed by atoms with van der Waals surface area (Å²) in [5.74, 6) is -0.642. The second kappa shape index (κ2) is 6.03. The number of aryl methyl sites for hydroxylation is 1. The van der Waals surface area contributed by atoms with E-state index < -0.39 is 5.97 Å². The number of rotatable bonds is 6. The monoisotopic (exact) mass is 236 g/mol. The van der Waals surface area contributed by atoms with Crippen LogP contribution in [-0.4, -0.2) is 23.5 Å². The average molecular weight is 236 g/mol. The zero-order valence-electron chi connectivity index (χ0n) is 10.0. The lowest BCUT2D eigenvalue weighted by atomic mass is 10.0. The Morgan fingerprint density at radius 3 is 2.59 bits per heavy atom. The first-order chi connectivity index (χ1) is 8.04. The zero-order chi connectivity index (χ0) is 12.8. The van der Waals surface area contributed by atoms with Crippen LogP contribution in [-0.2, 0) is 4.79 Å². The number of ether oxygens (including phenoxy) is 1. The molecule has 0 radical (unpaired) electrons. The molecule has 0 saturated carbocycles. The third-order valence-electron chi connectivity index (χ3n) is 2.30. The maximum atomic E-state index is 11.9. The van der Waals surface area contributed by atoms with Crippen molar-refractivity contribution in [3.63, 3.8) is 0 Å². The highest BCUT2D eigenvalue weighted by Gasteiger charge is 2.14. The van der Waals surface area contributed by atoms with Gasteiger partial charge >= 0.3 is 5.97 Å². The molecule has 0 bridgehead atoms. The molecule has 0 atom stereocenters. The lowest BCUT2D eigenvalue weighted by molar-refractivity contribution is -0.136. The number of carbonyl (C=O) groups is 2. The molecule has 0 aliphatic heterocycles. The van der Waals surface area contributed by atoms with E-state index in [1.807, 2.05) is 19.9 Å². The van der Waals surface area contributed by atoms with E-state index in [-0.39, 0.29) is 18.6 Å². The molecule has 0 unspecified atom stereocenters. The minimum absolute atomic E-state index is 0.00113. The standard InChI is InChI=1S/C13H16O4/c1-3-17-12-6-4-9(2)8-10(12)11(14)5-7-13(15)16/h4,6,8H,3,5,7H2,1-2H3,(H,15,16). The minimum Gasteiger partial charge on any atom is -0.493 e. The number of aliphatic carboxylic acids is 1.